The summed E-state index contributed by atoms with van der Waals surface area (Å²) < 4.78 is 18.6. The van der Waals surface area contributed by atoms with Crippen molar-refractivity contribution in [2.45, 2.75) is 39.7 Å². The van der Waals surface area contributed by atoms with E-state index >= 15 is 0 Å². The molecule has 0 N–H and O–H groups in total. The van der Waals surface area contributed by atoms with Crippen molar-refractivity contribution in [3.8, 4) is 11.5 Å². The number of fused-ring (bicyclic) bond motifs is 1. The molecule has 23 heavy (non-hydrogen) atoms. The van der Waals surface area contributed by atoms with Gasteiger partial charge in [-0.15, -0.1) is 0 Å². The Bertz CT molecular complexity index is 451. The third-order valence-corrected chi connectivity index (χ3v) is 5.05. The van der Waals surface area contributed by atoms with E-state index in [2.05, 4.69) is 20.8 Å². The maximum absolute atomic E-state index is 5.89. The summed E-state index contributed by atoms with van der Waals surface area (Å²) in [5, 5.41) is 0. The largest absolute Gasteiger partial charge is 0.486 e. The number of benzene rings is 1. The normalized spacial score (nSPS) is 17.3. The Morgan fingerprint density at radius 3 is 2.43 bits per heavy atom. The molecule has 1 heterocycles. The van der Waals surface area contributed by atoms with Crippen LogP contribution < -0.4 is 9.47 Å². The lowest BCUT2D eigenvalue weighted by atomic mass is 10.2. The van der Waals surface area contributed by atoms with E-state index in [4.69, 9.17) is 14.2 Å². The van der Waals surface area contributed by atoms with Gasteiger partial charge in [-0.25, -0.2) is 0 Å². The topological polar surface area (TPSA) is 27.7 Å². The zero-order valence-corrected chi connectivity index (χ0v) is 14.9. The molecule has 4 heteroatoms. The van der Waals surface area contributed by atoms with Crippen molar-refractivity contribution in [2.75, 3.05) is 46.0 Å². The van der Waals surface area contributed by atoms with Crippen molar-refractivity contribution in [1.29, 1.82) is 0 Å². The summed E-state index contributed by atoms with van der Waals surface area (Å²) in [7, 11) is 0. The third-order valence-electron chi connectivity index (χ3n) is 5.05. The number of hydrogen-bond donors (Lipinski definition) is 0. The number of unbranched alkanes of at least 4 members (excludes halogenated alkanes) is 1. The molecule has 1 aromatic rings. The molecular formula is C19H32NO3+. The summed E-state index contributed by atoms with van der Waals surface area (Å²) in [6.45, 7) is 13.8. The van der Waals surface area contributed by atoms with E-state index in [-0.39, 0.29) is 6.10 Å². The van der Waals surface area contributed by atoms with Gasteiger partial charge in [0.2, 0.25) is 0 Å². The quantitative estimate of drug-likeness (QED) is 0.487. The van der Waals surface area contributed by atoms with Crippen LogP contribution in [0.2, 0.25) is 0 Å². The van der Waals surface area contributed by atoms with Gasteiger partial charge in [-0.2, -0.15) is 0 Å². The van der Waals surface area contributed by atoms with Gasteiger partial charge >= 0.3 is 0 Å². The summed E-state index contributed by atoms with van der Waals surface area (Å²) in [6, 6.07) is 7.80. The van der Waals surface area contributed by atoms with Gasteiger partial charge in [0.25, 0.3) is 0 Å². The van der Waals surface area contributed by atoms with Crippen molar-refractivity contribution < 1.29 is 18.7 Å². The predicted molar refractivity (Wildman–Crippen MR) is 93.2 cm³/mol. The van der Waals surface area contributed by atoms with Crippen LogP contribution in [0.3, 0.4) is 0 Å². The number of rotatable bonds is 10. The lowest BCUT2D eigenvalue weighted by molar-refractivity contribution is -0.923. The van der Waals surface area contributed by atoms with E-state index in [0.29, 0.717) is 13.2 Å². The molecular weight excluding hydrogens is 290 g/mol. The van der Waals surface area contributed by atoms with Crippen LogP contribution in [0.25, 0.3) is 0 Å². The molecule has 0 bridgehead atoms. The van der Waals surface area contributed by atoms with Crippen LogP contribution in [0, 0.1) is 0 Å². The second-order valence-electron chi connectivity index (χ2n) is 6.29. The first-order chi connectivity index (χ1) is 11.2. The number of ether oxygens (including phenoxy) is 3. The highest BCUT2D eigenvalue weighted by Crippen LogP contribution is 2.30. The van der Waals surface area contributed by atoms with Gasteiger partial charge in [-0.05, 0) is 45.7 Å². The van der Waals surface area contributed by atoms with Gasteiger partial charge in [0, 0.05) is 6.61 Å². The van der Waals surface area contributed by atoms with Gasteiger partial charge in [0.15, 0.2) is 17.6 Å². The minimum absolute atomic E-state index is 0.00157. The van der Waals surface area contributed by atoms with Crippen molar-refractivity contribution in [1.82, 2.24) is 0 Å². The molecule has 0 aromatic heterocycles. The SMILES string of the molecule is CC[N+](CC)(CC)CCCCOCC1COc2ccccc2O1. The van der Waals surface area contributed by atoms with Crippen LogP contribution in [0.15, 0.2) is 24.3 Å². The molecule has 0 saturated carbocycles. The molecule has 0 radical (unpaired) electrons. The summed E-state index contributed by atoms with van der Waals surface area (Å²) in [5.41, 5.74) is 0. The highest BCUT2D eigenvalue weighted by Gasteiger charge is 2.21. The fourth-order valence-corrected chi connectivity index (χ4v) is 3.16. The van der Waals surface area contributed by atoms with Crippen LogP contribution >= 0.6 is 0 Å². The summed E-state index contributed by atoms with van der Waals surface area (Å²) in [4.78, 5) is 0. The van der Waals surface area contributed by atoms with E-state index < -0.39 is 0 Å². The van der Waals surface area contributed by atoms with Crippen molar-refractivity contribution >= 4 is 0 Å². The first-order valence-corrected chi connectivity index (χ1v) is 9.04. The molecule has 1 aliphatic heterocycles. The fourth-order valence-electron chi connectivity index (χ4n) is 3.16. The first kappa shape index (κ1) is 18.1. The molecule has 0 saturated heterocycles. The number of nitrogens with zero attached hydrogens (tertiary/aromatic N) is 1. The van der Waals surface area contributed by atoms with E-state index in [0.717, 1.165) is 24.5 Å². The average Bonchev–Trinajstić information content (AvgIpc) is 2.61. The van der Waals surface area contributed by atoms with Crippen molar-refractivity contribution in [3.63, 3.8) is 0 Å². The Morgan fingerprint density at radius 2 is 1.74 bits per heavy atom. The molecule has 1 aromatic carbocycles. The van der Waals surface area contributed by atoms with E-state index in [1.807, 2.05) is 24.3 Å². The Kier molecular flexibility index (Phi) is 7.18. The van der Waals surface area contributed by atoms with Crippen LogP contribution in [0.5, 0.6) is 11.5 Å². The van der Waals surface area contributed by atoms with Gasteiger partial charge in [0.05, 0.1) is 32.8 Å². The first-order valence-electron chi connectivity index (χ1n) is 9.04. The molecule has 1 atom stereocenters. The number of quaternary nitrogens is 1. The minimum atomic E-state index is 0.00157. The highest BCUT2D eigenvalue weighted by atomic mass is 16.6. The Labute approximate surface area is 140 Å². The molecule has 2 rings (SSSR count). The fraction of sp³-hybridized carbons (Fsp3) is 0.684. The van der Waals surface area contributed by atoms with Gasteiger partial charge in [-0.1, -0.05) is 12.1 Å². The van der Waals surface area contributed by atoms with E-state index in [1.54, 1.807) is 0 Å². The highest BCUT2D eigenvalue weighted by molar-refractivity contribution is 5.40. The average molecular weight is 322 g/mol. The molecule has 4 nitrogen and oxygen atoms in total. The van der Waals surface area contributed by atoms with Gasteiger partial charge < -0.3 is 18.7 Å². The minimum Gasteiger partial charge on any atom is -0.486 e. The van der Waals surface area contributed by atoms with Crippen molar-refractivity contribution in [3.05, 3.63) is 24.3 Å². The number of hydrogen-bond acceptors (Lipinski definition) is 3. The number of para-hydroxylation sites is 2. The lowest BCUT2D eigenvalue weighted by Crippen LogP contribution is -2.48. The summed E-state index contributed by atoms with van der Waals surface area (Å²) in [6.07, 6.45) is 2.34. The third kappa shape index (κ3) is 5.11. The van der Waals surface area contributed by atoms with Gasteiger partial charge in [-0.3, -0.25) is 0 Å². The van der Waals surface area contributed by atoms with Crippen molar-refractivity contribution in [2.24, 2.45) is 0 Å². The molecule has 130 valence electrons. The van der Waals surface area contributed by atoms with Crippen LogP contribution in [0.1, 0.15) is 33.6 Å². The smallest absolute Gasteiger partial charge is 0.161 e. The zero-order valence-electron chi connectivity index (χ0n) is 14.9. The van der Waals surface area contributed by atoms with Gasteiger partial charge in [0.1, 0.15) is 6.61 Å². The molecule has 1 aliphatic rings. The molecule has 1 unspecified atom stereocenters. The summed E-state index contributed by atoms with van der Waals surface area (Å²) in [5.74, 6) is 1.65. The molecule has 0 fully saturated rings. The maximum Gasteiger partial charge on any atom is 0.161 e. The van der Waals surface area contributed by atoms with E-state index in [9.17, 15) is 0 Å². The Balaban J connectivity index is 1.60. The lowest BCUT2D eigenvalue weighted by Gasteiger charge is -2.35. The van der Waals surface area contributed by atoms with Crippen LogP contribution in [-0.4, -0.2) is 56.6 Å². The van der Waals surface area contributed by atoms with Crippen LogP contribution in [-0.2, 0) is 4.74 Å². The second kappa shape index (κ2) is 9.14. The second-order valence-corrected chi connectivity index (χ2v) is 6.29. The summed E-state index contributed by atoms with van der Waals surface area (Å²) >= 11 is 0. The zero-order chi connectivity index (χ0) is 16.5. The van der Waals surface area contributed by atoms with E-state index in [1.165, 1.54) is 37.1 Å². The Hall–Kier alpha value is -1.26. The standard InChI is InChI=1S/C19H32NO3/c1-4-20(5-2,6-3)13-9-10-14-21-15-17-16-22-18-11-7-8-12-19(18)23-17/h7-8,11-12,17H,4-6,9-10,13-16H2,1-3H3/q+1. The monoisotopic (exact) mass is 322 g/mol. The Morgan fingerprint density at radius 1 is 1.04 bits per heavy atom. The van der Waals surface area contributed by atoms with Crippen LogP contribution in [0.4, 0.5) is 0 Å². The molecule has 0 amide bonds. The molecule has 0 spiro atoms. The predicted octanol–water partition coefficient (Wildman–Crippen LogP) is 3.50. The molecule has 0 aliphatic carbocycles. The maximum atomic E-state index is 5.89.